The van der Waals surface area contributed by atoms with Gasteiger partial charge in [0.1, 0.15) is 11.5 Å². The number of nitrogens with zero attached hydrogens (tertiary/aromatic N) is 2. The van der Waals surface area contributed by atoms with E-state index in [1.54, 1.807) is 11.8 Å². The number of likely N-dealkylation sites (N-methyl/N-ethyl adjacent to an activating group) is 1. The molecule has 1 fully saturated rings. The largest absolute Gasteiger partial charge is 0.465 e. The SMILES string of the molecule is Cc1oc2c(c1CC(=O)N(CCN(C)C)C1CCS(=O)(=O)C1)C(=O)CC(C)(C)C2. The van der Waals surface area contributed by atoms with Gasteiger partial charge in [0.05, 0.1) is 23.5 Å². The Kier molecular flexibility index (Phi) is 5.98. The fraction of sp³-hybridized carbons (Fsp3) is 0.714. The van der Waals surface area contributed by atoms with Gasteiger partial charge in [-0.15, -0.1) is 0 Å². The van der Waals surface area contributed by atoms with E-state index in [9.17, 15) is 18.0 Å². The number of amides is 1. The number of hydrogen-bond acceptors (Lipinski definition) is 6. The van der Waals surface area contributed by atoms with Crippen LogP contribution in [0.5, 0.6) is 0 Å². The van der Waals surface area contributed by atoms with Crippen LogP contribution < -0.4 is 0 Å². The zero-order valence-corrected chi connectivity index (χ0v) is 18.9. The average molecular weight is 425 g/mol. The number of hydrogen-bond donors (Lipinski definition) is 0. The van der Waals surface area contributed by atoms with Gasteiger partial charge in [0.25, 0.3) is 0 Å². The first kappa shape index (κ1) is 22.0. The van der Waals surface area contributed by atoms with Gasteiger partial charge in [-0.2, -0.15) is 0 Å². The Hall–Kier alpha value is -1.67. The molecule has 7 nitrogen and oxygen atoms in total. The third-order valence-corrected chi connectivity index (χ3v) is 7.67. The number of ketones is 1. The van der Waals surface area contributed by atoms with Gasteiger partial charge in [0.2, 0.25) is 5.91 Å². The average Bonchev–Trinajstić information content (AvgIpc) is 3.06. The lowest BCUT2D eigenvalue weighted by Gasteiger charge is -2.30. The van der Waals surface area contributed by atoms with Crippen molar-refractivity contribution in [3.63, 3.8) is 0 Å². The van der Waals surface area contributed by atoms with E-state index in [0.717, 1.165) is 0 Å². The normalized spacial score (nSPS) is 22.7. The molecule has 29 heavy (non-hydrogen) atoms. The highest BCUT2D eigenvalue weighted by Crippen LogP contribution is 2.38. The van der Waals surface area contributed by atoms with Crippen molar-refractivity contribution in [1.82, 2.24) is 9.80 Å². The van der Waals surface area contributed by atoms with E-state index in [4.69, 9.17) is 4.42 Å². The minimum atomic E-state index is -3.10. The molecule has 1 aromatic heterocycles. The highest BCUT2D eigenvalue weighted by atomic mass is 32.2. The molecule has 162 valence electrons. The molecule has 1 aliphatic carbocycles. The second kappa shape index (κ2) is 7.87. The lowest BCUT2D eigenvalue weighted by atomic mass is 9.75. The van der Waals surface area contributed by atoms with Crippen molar-refractivity contribution in [3.05, 3.63) is 22.6 Å². The van der Waals surface area contributed by atoms with Crippen molar-refractivity contribution in [2.75, 3.05) is 38.7 Å². The van der Waals surface area contributed by atoms with E-state index in [0.29, 0.717) is 55.0 Å². The predicted molar refractivity (Wildman–Crippen MR) is 111 cm³/mol. The lowest BCUT2D eigenvalue weighted by Crippen LogP contribution is -2.45. The maximum absolute atomic E-state index is 13.3. The van der Waals surface area contributed by atoms with E-state index < -0.39 is 9.84 Å². The Bertz CT molecular complexity index is 914. The Morgan fingerprint density at radius 1 is 1.21 bits per heavy atom. The summed E-state index contributed by atoms with van der Waals surface area (Å²) in [7, 11) is 0.744. The number of Topliss-reactive ketones (excluding diaryl/α,β-unsaturated/α-hetero) is 1. The molecule has 1 amide bonds. The van der Waals surface area contributed by atoms with Gasteiger partial charge < -0.3 is 14.2 Å². The van der Waals surface area contributed by atoms with Crippen molar-refractivity contribution in [3.8, 4) is 0 Å². The lowest BCUT2D eigenvalue weighted by molar-refractivity contribution is -0.132. The van der Waals surface area contributed by atoms with Gasteiger partial charge >= 0.3 is 0 Å². The van der Waals surface area contributed by atoms with Gasteiger partial charge in [0.15, 0.2) is 15.6 Å². The first-order chi connectivity index (χ1) is 13.4. The molecule has 8 heteroatoms. The van der Waals surface area contributed by atoms with Crippen LogP contribution in [0.4, 0.5) is 0 Å². The molecule has 3 rings (SSSR count). The Balaban J connectivity index is 1.85. The summed E-state index contributed by atoms with van der Waals surface area (Å²) in [6.45, 7) is 7.00. The minimum absolute atomic E-state index is 0.0156. The summed E-state index contributed by atoms with van der Waals surface area (Å²) in [5.74, 6) is 1.31. The van der Waals surface area contributed by atoms with Gasteiger partial charge in [-0.3, -0.25) is 9.59 Å². The fourth-order valence-corrected chi connectivity index (χ4v) is 6.15. The Morgan fingerprint density at radius 3 is 2.48 bits per heavy atom. The van der Waals surface area contributed by atoms with Crippen molar-refractivity contribution < 1.29 is 22.4 Å². The molecule has 0 radical (unpaired) electrons. The van der Waals surface area contributed by atoms with E-state index >= 15 is 0 Å². The summed E-state index contributed by atoms with van der Waals surface area (Å²) >= 11 is 0. The van der Waals surface area contributed by atoms with Crippen LogP contribution in [0, 0.1) is 12.3 Å². The molecule has 0 saturated carbocycles. The summed E-state index contributed by atoms with van der Waals surface area (Å²) in [5, 5.41) is 0. The number of aryl methyl sites for hydroxylation is 1. The van der Waals surface area contributed by atoms with E-state index in [-0.39, 0.29) is 41.1 Å². The fourth-order valence-electron chi connectivity index (χ4n) is 4.42. The zero-order valence-electron chi connectivity index (χ0n) is 18.1. The summed E-state index contributed by atoms with van der Waals surface area (Å²) in [6, 6.07) is -0.301. The second-order valence-electron chi connectivity index (χ2n) is 9.50. The zero-order chi connectivity index (χ0) is 21.6. The standard InChI is InChI=1S/C21H32N2O5S/c1-14-16(20-17(24)11-21(2,3)12-18(20)28-14)10-19(25)23(8-7-22(4)5)15-6-9-29(26,27)13-15/h15H,6-13H2,1-5H3. The van der Waals surface area contributed by atoms with Gasteiger partial charge in [-0.05, 0) is 32.9 Å². The van der Waals surface area contributed by atoms with Crippen molar-refractivity contribution in [2.24, 2.45) is 5.41 Å². The molecule has 2 aliphatic rings. The summed E-state index contributed by atoms with van der Waals surface area (Å²) in [4.78, 5) is 29.7. The van der Waals surface area contributed by atoms with E-state index in [2.05, 4.69) is 0 Å². The molecular formula is C21H32N2O5S. The molecule has 1 aromatic rings. The molecule has 0 spiro atoms. The first-order valence-corrected chi connectivity index (χ1v) is 12.0. The summed E-state index contributed by atoms with van der Waals surface area (Å²) in [6.07, 6.45) is 1.65. The van der Waals surface area contributed by atoms with Crippen molar-refractivity contribution in [1.29, 1.82) is 0 Å². The topological polar surface area (TPSA) is 87.9 Å². The van der Waals surface area contributed by atoms with Crippen molar-refractivity contribution in [2.45, 2.75) is 52.5 Å². The summed E-state index contributed by atoms with van der Waals surface area (Å²) in [5.41, 5.74) is 1.09. The molecule has 1 saturated heterocycles. The number of fused-ring (bicyclic) bond motifs is 1. The quantitative estimate of drug-likeness (QED) is 0.693. The van der Waals surface area contributed by atoms with Crippen LogP contribution in [0.15, 0.2) is 4.42 Å². The second-order valence-corrected chi connectivity index (χ2v) is 11.7. The number of sulfone groups is 1. The van der Waals surface area contributed by atoms with Crippen LogP contribution >= 0.6 is 0 Å². The van der Waals surface area contributed by atoms with Gasteiger partial charge in [0, 0.05) is 37.5 Å². The monoisotopic (exact) mass is 424 g/mol. The van der Waals surface area contributed by atoms with Crippen LogP contribution in [-0.2, 0) is 27.5 Å². The van der Waals surface area contributed by atoms with Gasteiger partial charge in [-0.1, -0.05) is 13.8 Å². The Morgan fingerprint density at radius 2 is 1.90 bits per heavy atom. The van der Waals surface area contributed by atoms with Crippen LogP contribution in [0.2, 0.25) is 0 Å². The highest BCUT2D eigenvalue weighted by Gasteiger charge is 2.38. The molecule has 0 bridgehead atoms. The third-order valence-electron chi connectivity index (χ3n) is 5.92. The Labute approximate surface area is 173 Å². The van der Waals surface area contributed by atoms with Crippen LogP contribution in [0.3, 0.4) is 0 Å². The van der Waals surface area contributed by atoms with Crippen LogP contribution in [-0.4, -0.2) is 74.6 Å². The molecule has 1 atom stereocenters. The molecule has 1 unspecified atom stereocenters. The maximum atomic E-state index is 13.3. The number of carbonyl (C=O) groups is 2. The molecule has 0 N–H and O–H groups in total. The van der Waals surface area contributed by atoms with E-state index in [1.165, 1.54) is 0 Å². The number of furan rings is 1. The molecule has 2 heterocycles. The first-order valence-electron chi connectivity index (χ1n) is 10.2. The predicted octanol–water partition coefficient (Wildman–Crippen LogP) is 1.86. The molecule has 1 aliphatic heterocycles. The maximum Gasteiger partial charge on any atom is 0.227 e. The van der Waals surface area contributed by atoms with E-state index in [1.807, 2.05) is 32.8 Å². The van der Waals surface area contributed by atoms with Crippen LogP contribution in [0.25, 0.3) is 0 Å². The smallest absolute Gasteiger partial charge is 0.227 e. The van der Waals surface area contributed by atoms with Crippen LogP contribution in [0.1, 0.15) is 54.1 Å². The number of carbonyl (C=O) groups excluding carboxylic acids is 2. The van der Waals surface area contributed by atoms with Gasteiger partial charge in [-0.25, -0.2) is 8.42 Å². The third kappa shape index (κ3) is 4.91. The molecular weight excluding hydrogens is 392 g/mol. The molecule has 0 aromatic carbocycles. The number of rotatable bonds is 6. The highest BCUT2D eigenvalue weighted by molar-refractivity contribution is 7.91. The van der Waals surface area contributed by atoms with Crippen molar-refractivity contribution >= 4 is 21.5 Å². The summed E-state index contributed by atoms with van der Waals surface area (Å²) < 4.78 is 29.8. The minimum Gasteiger partial charge on any atom is -0.465 e.